The molecule has 1 rings (SSSR count). The van der Waals surface area contributed by atoms with Crippen LogP contribution in [0.25, 0.3) is 0 Å². The predicted molar refractivity (Wildman–Crippen MR) is 25.5 cm³/mol. The first-order valence-corrected chi connectivity index (χ1v) is 1.72. The maximum Gasteiger partial charge on any atom is 0.124 e. The van der Waals surface area contributed by atoms with Gasteiger partial charge in [-0.25, -0.2) is 0 Å². The third-order valence-corrected chi connectivity index (χ3v) is 0.535. The van der Waals surface area contributed by atoms with E-state index >= 15 is 0 Å². The van der Waals surface area contributed by atoms with Crippen molar-refractivity contribution in [2.45, 2.75) is 13.1 Å². The highest BCUT2D eigenvalue weighted by Crippen LogP contribution is 1.78. The molecule has 6 heavy (non-hydrogen) atoms. The van der Waals surface area contributed by atoms with Crippen molar-refractivity contribution in [3.05, 3.63) is 0 Å². The smallest absolute Gasteiger partial charge is 0.124 e. The van der Waals surface area contributed by atoms with Gasteiger partial charge in [-0.2, -0.15) is 0 Å². The summed E-state index contributed by atoms with van der Waals surface area (Å²) in [5, 5.41) is 0.782. The van der Waals surface area contributed by atoms with Crippen LogP contribution in [0.4, 0.5) is 0 Å². The zero-order valence-corrected chi connectivity index (χ0v) is 3.47. The minimum atomic E-state index is -2.27. The van der Waals surface area contributed by atoms with Gasteiger partial charge in [-0.3, -0.25) is 0 Å². The fourth-order valence-electron chi connectivity index (χ4n) is 0.273. The number of hydrogen-bond acceptors (Lipinski definition) is 2. The lowest BCUT2D eigenvalue weighted by atomic mass is 10.6. The third-order valence-electron chi connectivity index (χ3n) is 0.535. The molecule has 2 atom stereocenters. The Kier molecular flexibility index (Phi) is 0.265. The highest BCUT2D eigenvalue weighted by molar-refractivity contribution is 4.66. The Morgan fingerprint density at radius 1 is 2.17 bits per heavy atom. The van der Waals surface area contributed by atoms with Gasteiger partial charge in [-0.1, -0.05) is 0 Å². The van der Waals surface area contributed by atoms with E-state index in [1.807, 2.05) is 0 Å². The van der Waals surface area contributed by atoms with Crippen LogP contribution in [0.5, 0.6) is 0 Å². The zero-order chi connectivity index (χ0) is 9.73. The summed E-state index contributed by atoms with van der Waals surface area (Å²) in [4.78, 5) is 0. The van der Waals surface area contributed by atoms with Crippen molar-refractivity contribution in [2.24, 2.45) is 0 Å². The van der Waals surface area contributed by atoms with Gasteiger partial charge in [0.2, 0.25) is 0 Å². The molecule has 0 bridgehead atoms. The number of rotatable bonds is 0. The van der Waals surface area contributed by atoms with E-state index in [9.17, 15) is 0 Å². The van der Waals surface area contributed by atoms with Crippen LogP contribution < -0.4 is 10.6 Å². The maximum absolute atomic E-state index is 7.40. The van der Waals surface area contributed by atoms with Crippen molar-refractivity contribution in [1.82, 2.24) is 10.6 Å². The van der Waals surface area contributed by atoms with E-state index in [0.717, 1.165) is 0 Å². The molecular formula is C4H10N2. The van der Waals surface area contributed by atoms with E-state index in [1.165, 1.54) is 6.92 Å². The zero-order valence-electron chi connectivity index (χ0n) is 9.47. The van der Waals surface area contributed by atoms with Gasteiger partial charge in [0.25, 0.3) is 0 Å². The van der Waals surface area contributed by atoms with E-state index in [1.54, 1.807) is 0 Å². The molecule has 0 aliphatic carbocycles. The third kappa shape index (κ3) is 0.698. The quantitative estimate of drug-likeness (QED) is 0.422. The minimum absolute atomic E-state index is 0.324. The fraction of sp³-hybridized carbons (Fsp3) is 1.00. The monoisotopic (exact) mass is 92.1 g/mol. The molecule has 2 heteroatoms. The van der Waals surface area contributed by atoms with Crippen LogP contribution in [0.3, 0.4) is 0 Å². The van der Waals surface area contributed by atoms with Crippen LogP contribution in [0.15, 0.2) is 0 Å². The Morgan fingerprint density at radius 3 is 3.17 bits per heavy atom. The molecule has 0 radical (unpaired) electrons. The molecule has 1 fully saturated rings. The van der Waals surface area contributed by atoms with E-state index in [2.05, 4.69) is 0 Å². The van der Waals surface area contributed by atoms with Crippen LogP contribution in [0, 0.1) is 0 Å². The molecule has 1 aliphatic rings. The second kappa shape index (κ2) is 1.58. The second-order valence-corrected chi connectivity index (χ2v) is 1.05. The summed E-state index contributed by atoms with van der Waals surface area (Å²) in [6, 6.07) is 0. The molecule has 0 spiro atoms. The molecule has 0 amide bonds. The molecule has 0 saturated carbocycles. The molecule has 0 aromatic heterocycles. The molecule has 0 aromatic rings. The highest BCUT2D eigenvalue weighted by Gasteiger charge is 2.03. The van der Waals surface area contributed by atoms with E-state index in [-0.39, 0.29) is 0 Å². The van der Waals surface area contributed by atoms with Crippen molar-refractivity contribution in [3.8, 4) is 0 Å². The number of hydrogen-bond donors (Lipinski definition) is 2. The average Bonchev–Trinajstić information content (AvgIpc) is 2.06. The molecule has 2 N–H and O–H groups in total. The normalized spacial score (nSPS) is 88.5. The van der Waals surface area contributed by atoms with Crippen LogP contribution in [-0.2, 0) is 0 Å². The summed E-state index contributed by atoms with van der Waals surface area (Å²) in [5.74, 6) is 0. The lowest BCUT2D eigenvalue weighted by molar-refractivity contribution is 0.606. The first-order chi connectivity index (χ1) is 5.22. The van der Waals surface area contributed by atoms with Crippen molar-refractivity contribution in [3.63, 3.8) is 0 Å². The van der Waals surface area contributed by atoms with Gasteiger partial charge in [0.1, 0.15) is 2.82 Å². The summed E-state index contributed by atoms with van der Waals surface area (Å²) in [6.45, 7) is -2.57. The van der Waals surface area contributed by atoms with E-state index < -0.39 is 19.2 Å². The largest absolute Gasteiger partial charge is 0.301 e. The molecule has 0 aromatic carbocycles. The Balaban J connectivity index is 3.03. The molecule has 1 saturated heterocycles. The van der Waals surface area contributed by atoms with Crippen LogP contribution in [0.1, 0.15) is 12.4 Å². The van der Waals surface area contributed by atoms with Gasteiger partial charge in [0.05, 0.1) is 7.51 Å². The topological polar surface area (TPSA) is 24.1 Å². The first kappa shape index (κ1) is 1.01. The van der Waals surface area contributed by atoms with Crippen molar-refractivity contribution >= 4 is 0 Å². The van der Waals surface area contributed by atoms with E-state index in [0.29, 0.717) is 10.6 Å². The Morgan fingerprint density at radius 2 is 3.00 bits per heavy atom. The van der Waals surface area contributed by atoms with Gasteiger partial charge in [0, 0.05) is 17.1 Å². The number of nitrogens with one attached hydrogen (secondary N) is 2. The highest BCUT2D eigenvalue weighted by atomic mass is 15.2. The average molecular weight is 92.2 g/mol. The lowest BCUT2D eigenvalue weighted by Gasteiger charge is -1.97. The summed E-state index contributed by atoms with van der Waals surface area (Å²) in [7, 11) is 0. The first-order valence-electron chi connectivity index (χ1n) is 4.69. The Labute approximate surface area is 46.5 Å². The summed E-state index contributed by atoms with van der Waals surface area (Å²) < 4.78 is 43.4. The van der Waals surface area contributed by atoms with Crippen molar-refractivity contribution in [1.29, 1.82) is 0 Å². The van der Waals surface area contributed by atoms with E-state index in [4.69, 9.17) is 8.31 Å². The van der Waals surface area contributed by atoms with Gasteiger partial charge < -0.3 is 10.6 Å². The molecule has 2 unspecified atom stereocenters. The van der Waals surface area contributed by atoms with Gasteiger partial charge in [-0.15, -0.1) is 0 Å². The van der Waals surface area contributed by atoms with Gasteiger partial charge in [0.15, 0.2) is 0 Å². The van der Waals surface area contributed by atoms with Gasteiger partial charge >= 0.3 is 0 Å². The SMILES string of the molecule is [2H]C1N([2H])C([2H])(C)N([2H])C1([2H])[2H]. The summed E-state index contributed by atoms with van der Waals surface area (Å²) in [5.41, 5.74) is 0. The lowest BCUT2D eigenvalue weighted by Crippen LogP contribution is -2.26. The predicted octanol–water partition coefficient (Wildman–Crippen LogP) is -0.475. The molecule has 2 nitrogen and oxygen atoms in total. The molecule has 1 aliphatic heterocycles. The van der Waals surface area contributed by atoms with Crippen LogP contribution in [-0.4, -0.2) is 19.2 Å². The Hall–Kier alpha value is -0.0800. The fourth-order valence-corrected chi connectivity index (χ4v) is 0.273. The van der Waals surface area contributed by atoms with Crippen LogP contribution in [0.2, 0.25) is 2.82 Å². The van der Waals surface area contributed by atoms with Crippen molar-refractivity contribution < 1.29 is 8.31 Å². The molecule has 1 heterocycles. The summed E-state index contributed by atoms with van der Waals surface area (Å²) >= 11 is 0. The minimum Gasteiger partial charge on any atom is -0.301 e. The van der Waals surface area contributed by atoms with Crippen molar-refractivity contribution in [2.75, 3.05) is 13.0 Å². The molecular weight excluding hydrogens is 76.1 g/mol. The second-order valence-electron chi connectivity index (χ2n) is 1.05. The van der Waals surface area contributed by atoms with Gasteiger partial charge in [-0.05, 0) is 6.92 Å². The molecule has 36 valence electrons. The summed E-state index contributed by atoms with van der Waals surface area (Å²) in [6.07, 6.45) is -1.80. The standard InChI is InChI=1S/C4H10N2/c1-4-5-2-3-6-4/h4-6H,2-3H2,1H3/i2D,3D2,4D/hD2. The maximum atomic E-state index is 7.40. The Bertz CT molecular complexity index is 174. The van der Waals surface area contributed by atoms with Crippen LogP contribution >= 0.6 is 0 Å².